The Morgan fingerprint density at radius 2 is 1.96 bits per heavy atom. The van der Waals surface area contributed by atoms with Crippen LogP contribution in [0.1, 0.15) is 11.4 Å². The molecule has 3 amide bonds. The Bertz CT molecular complexity index is 912. The highest BCUT2D eigenvalue weighted by molar-refractivity contribution is 8.18. The van der Waals surface area contributed by atoms with Crippen LogP contribution >= 0.6 is 23.4 Å². The molecule has 1 aliphatic rings. The van der Waals surface area contributed by atoms with Crippen LogP contribution in [0.4, 0.5) is 10.5 Å². The number of halogens is 1. The van der Waals surface area contributed by atoms with E-state index in [1.54, 1.807) is 36.4 Å². The Hall–Kier alpha value is -2.64. The molecule has 0 atom stereocenters. The van der Waals surface area contributed by atoms with Gasteiger partial charge in [0, 0.05) is 16.4 Å². The standard InChI is InChI=1S/C18H14ClN3O3S/c1-11-3-2-4-14(20-11)9-15-17(24)22(18(25)26-15)10-16(23)21-13-7-5-12(19)6-8-13/h2-9H,10H2,1H3,(H,21,23)/b15-9-. The minimum atomic E-state index is -0.505. The first kappa shape index (κ1) is 18.2. The molecule has 132 valence electrons. The molecular weight excluding hydrogens is 374 g/mol. The highest BCUT2D eigenvalue weighted by Crippen LogP contribution is 2.31. The van der Waals surface area contributed by atoms with Gasteiger partial charge in [0.2, 0.25) is 5.91 Å². The third-order valence-electron chi connectivity index (χ3n) is 3.49. The molecule has 0 aliphatic carbocycles. The molecule has 2 heterocycles. The summed E-state index contributed by atoms with van der Waals surface area (Å²) in [6.45, 7) is 1.48. The van der Waals surface area contributed by atoms with Crippen molar-refractivity contribution in [1.29, 1.82) is 0 Å². The molecule has 1 saturated heterocycles. The largest absolute Gasteiger partial charge is 0.325 e. The molecule has 2 aromatic rings. The van der Waals surface area contributed by atoms with Crippen molar-refractivity contribution in [2.45, 2.75) is 6.92 Å². The van der Waals surface area contributed by atoms with E-state index in [2.05, 4.69) is 10.3 Å². The third kappa shape index (κ3) is 4.30. The summed E-state index contributed by atoms with van der Waals surface area (Å²) in [5.74, 6) is -0.973. The Kier molecular flexibility index (Phi) is 5.39. The summed E-state index contributed by atoms with van der Waals surface area (Å²) in [6, 6.07) is 11.9. The molecular formula is C18H14ClN3O3S. The van der Waals surface area contributed by atoms with Crippen molar-refractivity contribution in [3.05, 3.63) is 63.8 Å². The Balaban J connectivity index is 1.69. The van der Waals surface area contributed by atoms with Gasteiger partial charge in [-0.05, 0) is 61.2 Å². The van der Waals surface area contributed by atoms with Crippen molar-refractivity contribution in [3.63, 3.8) is 0 Å². The number of nitrogens with zero attached hydrogens (tertiary/aromatic N) is 2. The number of thioether (sulfide) groups is 1. The lowest BCUT2D eigenvalue weighted by atomic mass is 10.3. The topological polar surface area (TPSA) is 79.4 Å². The predicted octanol–water partition coefficient (Wildman–Crippen LogP) is 3.72. The number of hydrogen-bond donors (Lipinski definition) is 1. The van der Waals surface area contributed by atoms with E-state index in [1.807, 2.05) is 19.1 Å². The molecule has 0 radical (unpaired) electrons. The predicted molar refractivity (Wildman–Crippen MR) is 102 cm³/mol. The lowest BCUT2D eigenvalue weighted by molar-refractivity contribution is -0.127. The summed E-state index contributed by atoms with van der Waals surface area (Å²) in [4.78, 5) is 42.1. The van der Waals surface area contributed by atoms with E-state index in [0.29, 0.717) is 16.4 Å². The minimum Gasteiger partial charge on any atom is -0.325 e. The monoisotopic (exact) mass is 387 g/mol. The highest BCUT2D eigenvalue weighted by atomic mass is 35.5. The van der Waals surface area contributed by atoms with Crippen LogP contribution in [0.25, 0.3) is 6.08 Å². The fourth-order valence-electron chi connectivity index (χ4n) is 2.29. The first-order chi connectivity index (χ1) is 12.4. The van der Waals surface area contributed by atoms with Crippen LogP contribution in [0.2, 0.25) is 5.02 Å². The second-order valence-electron chi connectivity index (χ2n) is 5.53. The summed E-state index contributed by atoms with van der Waals surface area (Å²) < 4.78 is 0. The third-order valence-corrected chi connectivity index (χ3v) is 4.65. The van der Waals surface area contributed by atoms with E-state index in [9.17, 15) is 14.4 Å². The lowest BCUT2D eigenvalue weighted by Gasteiger charge is -2.12. The van der Waals surface area contributed by atoms with Crippen molar-refractivity contribution >= 4 is 52.2 Å². The van der Waals surface area contributed by atoms with Gasteiger partial charge in [-0.1, -0.05) is 17.7 Å². The molecule has 1 aromatic heterocycles. The number of benzene rings is 1. The number of rotatable bonds is 4. The molecule has 1 aliphatic heterocycles. The number of anilines is 1. The average Bonchev–Trinajstić information content (AvgIpc) is 2.84. The molecule has 0 unspecified atom stereocenters. The van der Waals surface area contributed by atoms with E-state index in [-0.39, 0.29) is 11.4 Å². The quantitative estimate of drug-likeness (QED) is 0.809. The maximum Gasteiger partial charge on any atom is 0.294 e. The van der Waals surface area contributed by atoms with Crippen molar-refractivity contribution in [1.82, 2.24) is 9.88 Å². The number of hydrogen-bond acceptors (Lipinski definition) is 5. The molecule has 0 saturated carbocycles. The summed E-state index contributed by atoms with van der Waals surface area (Å²) in [5, 5.41) is 2.68. The number of aromatic nitrogens is 1. The van der Waals surface area contributed by atoms with Crippen LogP contribution in [-0.2, 0) is 9.59 Å². The summed E-state index contributed by atoms with van der Waals surface area (Å²) in [5.41, 5.74) is 1.92. The minimum absolute atomic E-state index is 0.243. The number of aryl methyl sites for hydroxylation is 1. The van der Waals surface area contributed by atoms with Gasteiger partial charge >= 0.3 is 0 Å². The SMILES string of the molecule is Cc1cccc(/C=C2\SC(=O)N(CC(=O)Nc3ccc(Cl)cc3)C2=O)n1. The molecule has 0 bridgehead atoms. The second-order valence-corrected chi connectivity index (χ2v) is 6.96. The van der Waals surface area contributed by atoms with Crippen LogP contribution < -0.4 is 5.32 Å². The maximum atomic E-state index is 12.4. The van der Waals surface area contributed by atoms with Gasteiger partial charge in [-0.2, -0.15) is 0 Å². The molecule has 1 fully saturated rings. The van der Waals surface area contributed by atoms with Gasteiger partial charge in [-0.3, -0.25) is 24.3 Å². The van der Waals surface area contributed by atoms with Gasteiger partial charge in [0.1, 0.15) is 6.54 Å². The normalized spacial score (nSPS) is 15.6. The first-order valence-corrected chi connectivity index (χ1v) is 8.86. The zero-order valence-corrected chi connectivity index (χ0v) is 15.3. The van der Waals surface area contributed by atoms with Crippen LogP contribution in [-0.4, -0.2) is 33.5 Å². The van der Waals surface area contributed by atoms with Gasteiger partial charge in [0.25, 0.3) is 11.1 Å². The maximum absolute atomic E-state index is 12.4. The highest BCUT2D eigenvalue weighted by Gasteiger charge is 2.36. The number of carbonyl (C=O) groups is 3. The van der Waals surface area contributed by atoms with Crippen LogP contribution in [0.5, 0.6) is 0 Å². The van der Waals surface area contributed by atoms with E-state index in [0.717, 1.165) is 22.4 Å². The van der Waals surface area contributed by atoms with Crippen LogP contribution in [0, 0.1) is 6.92 Å². The van der Waals surface area contributed by atoms with E-state index in [1.165, 1.54) is 0 Å². The molecule has 6 nitrogen and oxygen atoms in total. The van der Waals surface area contributed by atoms with Gasteiger partial charge in [0.05, 0.1) is 10.6 Å². The van der Waals surface area contributed by atoms with Gasteiger partial charge in [-0.25, -0.2) is 0 Å². The second kappa shape index (κ2) is 7.72. The fraction of sp³-hybridized carbons (Fsp3) is 0.111. The molecule has 3 rings (SSSR count). The Morgan fingerprint density at radius 3 is 2.65 bits per heavy atom. The summed E-state index contributed by atoms with van der Waals surface area (Å²) >= 11 is 6.59. The average molecular weight is 388 g/mol. The zero-order chi connectivity index (χ0) is 18.7. The number of nitrogens with one attached hydrogen (secondary N) is 1. The Morgan fingerprint density at radius 1 is 1.23 bits per heavy atom. The molecule has 1 N–H and O–H groups in total. The zero-order valence-electron chi connectivity index (χ0n) is 13.7. The van der Waals surface area contributed by atoms with E-state index < -0.39 is 17.1 Å². The van der Waals surface area contributed by atoms with Gasteiger partial charge < -0.3 is 5.32 Å². The molecule has 1 aromatic carbocycles. The van der Waals surface area contributed by atoms with Gasteiger partial charge in [-0.15, -0.1) is 0 Å². The molecule has 26 heavy (non-hydrogen) atoms. The Labute approximate surface area is 159 Å². The summed E-state index contributed by atoms with van der Waals surface area (Å²) in [6.07, 6.45) is 1.55. The van der Waals surface area contributed by atoms with Crippen molar-refractivity contribution in [2.75, 3.05) is 11.9 Å². The summed E-state index contributed by atoms with van der Waals surface area (Å²) in [7, 11) is 0. The number of imide groups is 1. The molecule has 0 spiro atoms. The number of carbonyl (C=O) groups excluding carboxylic acids is 3. The molecule has 8 heteroatoms. The number of amides is 3. The van der Waals surface area contributed by atoms with Crippen molar-refractivity contribution in [3.8, 4) is 0 Å². The number of pyridine rings is 1. The van der Waals surface area contributed by atoms with Crippen molar-refractivity contribution < 1.29 is 14.4 Å². The van der Waals surface area contributed by atoms with Gasteiger partial charge in [0.15, 0.2) is 0 Å². The van der Waals surface area contributed by atoms with Crippen molar-refractivity contribution in [2.24, 2.45) is 0 Å². The van der Waals surface area contributed by atoms with E-state index in [4.69, 9.17) is 11.6 Å². The fourth-order valence-corrected chi connectivity index (χ4v) is 3.24. The van der Waals surface area contributed by atoms with E-state index >= 15 is 0 Å². The first-order valence-electron chi connectivity index (χ1n) is 7.67. The lowest BCUT2D eigenvalue weighted by Crippen LogP contribution is -2.36. The van der Waals surface area contributed by atoms with Crippen LogP contribution in [0.15, 0.2) is 47.4 Å². The smallest absolute Gasteiger partial charge is 0.294 e. The van der Waals surface area contributed by atoms with Crippen LogP contribution in [0.3, 0.4) is 0 Å².